The van der Waals surface area contributed by atoms with Crippen molar-refractivity contribution in [2.24, 2.45) is 0 Å². The Morgan fingerprint density at radius 2 is 1.00 bits per heavy atom. The lowest BCUT2D eigenvalue weighted by Gasteiger charge is -2.05. The zero-order valence-corrected chi connectivity index (χ0v) is 6.78. The lowest BCUT2D eigenvalue weighted by molar-refractivity contribution is 0.102. The molecule has 1 aliphatic rings. The third-order valence-corrected chi connectivity index (χ3v) is 1.000. The molecule has 0 saturated heterocycles. The molecule has 0 aromatic rings. The molecule has 1 fully saturated rings. The zero-order chi connectivity index (χ0) is 7.33. The van der Waals surface area contributed by atoms with Gasteiger partial charge in [-0.15, -0.1) is 0 Å². The van der Waals surface area contributed by atoms with Crippen molar-refractivity contribution in [2.75, 3.05) is 0 Å². The molecule has 0 amide bonds. The van der Waals surface area contributed by atoms with Gasteiger partial charge in [0.1, 0.15) is 0 Å². The smallest absolute Gasteiger partial charge is 0.0563 e. The molecule has 0 aromatic carbocycles. The van der Waals surface area contributed by atoms with Gasteiger partial charge in [-0.05, 0) is 20.8 Å². The summed E-state index contributed by atoms with van der Waals surface area (Å²) >= 11 is 0. The highest BCUT2D eigenvalue weighted by molar-refractivity contribution is 4.51. The van der Waals surface area contributed by atoms with E-state index in [-0.39, 0.29) is 0 Å². The van der Waals surface area contributed by atoms with Crippen LogP contribution in [0.2, 0.25) is 0 Å². The number of aliphatic hydroxyl groups is 1. The quantitative estimate of drug-likeness (QED) is 0.533. The van der Waals surface area contributed by atoms with Gasteiger partial charge in [0.2, 0.25) is 0 Å². The Morgan fingerprint density at radius 3 is 1.00 bits per heavy atom. The van der Waals surface area contributed by atoms with Crippen molar-refractivity contribution >= 4 is 0 Å². The lowest BCUT2D eigenvalue weighted by Crippen LogP contribution is -2.10. The molecule has 1 nitrogen and oxygen atoms in total. The van der Waals surface area contributed by atoms with Gasteiger partial charge in [0, 0.05) is 0 Å². The van der Waals surface area contributed by atoms with Crippen molar-refractivity contribution in [2.45, 2.75) is 52.1 Å². The predicted molar refractivity (Wildman–Crippen MR) is 40.4 cm³/mol. The molecule has 1 heteroatoms. The summed E-state index contributed by atoms with van der Waals surface area (Å²) in [6.07, 6.45) is 6.00. The van der Waals surface area contributed by atoms with Gasteiger partial charge in [-0.3, -0.25) is 0 Å². The Kier molecular flexibility index (Phi) is 3.87. The minimum atomic E-state index is -0.500. The van der Waals surface area contributed by atoms with Crippen molar-refractivity contribution in [3.63, 3.8) is 0 Å². The van der Waals surface area contributed by atoms with Crippen LogP contribution in [-0.4, -0.2) is 10.7 Å². The SMILES string of the molecule is C1CCC1.CC(C)(C)O. The van der Waals surface area contributed by atoms with Gasteiger partial charge in [0.05, 0.1) is 5.60 Å². The largest absolute Gasteiger partial charge is 0.391 e. The summed E-state index contributed by atoms with van der Waals surface area (Å²) in [7, 11) is 0. The normalized spacial score (nSPS) is 17.3. The number of hydrogen-bond acceptors (Lipinski definition) is 1. The van der Waals surface area contributed by atoms with Crippen LogP contribution in [0.5, 0.6) is 0 Å². The van der Waals surface area contributed by atoms with Crippen LogP contribution in [0.4, 0.5) is 0 Å². The molecule has 0 unspecified atom stereocenters. The molecule has 56 valence electrons. The first kappa shape index (κ1) is 8.96. The summed E-state index contributed by atoms with van der Waals surface area (Å²) in [5.41, 5.74) is -0.500. The maximum Gasteiger partial charge on any atom is 0.0563 e. The van der Waals surface area contributed by atoms with Crippen LogP contribution >= 0.6 is 0 Å². The van der Waals surface area contributed by atoms with Gasteiger partial charge >= 0.3 is 0 Å². The second-order valence-electron chi connectivity index (χ2n) is 3.59. The van der Waals surface area contributed by atoms with Gasteiger partial charge < -0.3 is 5.11 Å². The van der Waals surface area contributed by atoms with Gasteiger partial charge in [-0.2, -0.15) is 0 Å². The van der Waals surface area contributed by atoms with Crippen molar-refractivity contribution in [1.82, 2.24) is 0 Å². The van der Waals surface area contributed by atoms with Crippen molar-refractivity contribution in [3.05, 3.63) is 0 Å². The van der Waals surface area contributed by atoms with Crippen LogP contribution < -0.4 is 0 Å². The van der Waals surface area contributed by atoms with Gasteiger partial charge in [0.15, 0.2) is 0 Å². The van der Waals surface area contributed by atoms with Crippen LogP contribution in [0.25, 0.3) is 0 Å². The van der Waals surface area contributed by atoms with E-state index in [9.17, 15) is 0 Å². The average molecular weight is 130 g/mol. The van der Waals surface area contributed by atoms with Crippen LogP contribution in [0.15, 0.2) is 0 Å². The summed E-state index contributed by atoms with van der Waals surface area (Å²) in [5, 5.41) is 8.52. The highest BCUT2D eigenvalue weighted by Gasteiger charge is 1.97. The van der Waals surface area contributed by atoms with E-state index in [1.807, 2.05) is 0 Å². The second kappa shape index (κ2) is 3.89. The van der Waals surface area contributed by atoms with Crippen LogP contribution in [0.1, 0.15) is 46.5 Å². The average Bonchev–Trinajstić information content (AvgIpc) is 1.12. The van der Waals surface area contributed by atoms with Crippen LogP contribution in [0, 0.1) is 0 Å². The first-order valence-electron chi connectivity index (χ1n) is 3.72. The number of hydrogen-bond donors (Lipinski definition) is 1. The van der Waals surface area contributed by atoms with E-state index < -0.39 is 5.60 Å². The minimum absolute atomic E-state index is 0.500. The molecule has 1 rings (SSSR count). The van der Waals surface area contributed by atoms with Crippen molar-refractivity contribution in [3.8, 4) is 0 Å². The molecule has 1 aliphatic carbocycles. The maximum atomic E-state index is 8.52. The van der Waals surface area contributed by atoms with E-state index in [1.54, 1.807) is 20.8 Å². The lowest BCUT2D eigenvalue weighted by atomic mass is 10.0. The molecule has 1 N–H and O–H groups in total. The third kappa shape index (κ3) is 18.0. The first-order valence-corrected chi connectivity index (χ1v) is 3.72. The Hall–Kier alpha value is -0.0400. The summed E-state index contributed by atoms with van der Waals surface area (Å²) < 4.78 is 0. The van der Waals surface area contributed by atoms with Crippen molar-refractivity contribution in [1.29, 1.82) is 0 Å². The first-order chi connectivity index (χ1) is 4.00. The molecule has 0 aliphatic heterocycles. The molecule has 0 spiro atoms. The van der Waals surface area contributed by atoms with E-state index in [0.29, 0.717) is 0 Å². The number of rotatable bonds is 0. The molecular weight excluding hydrogens is 112 g/mol. The van der Waals surface area contributed by atoms with Gasteiger partial charge in [0.25, 0.3) is 0 Å². The maximum absolute atomic E-state index is 8.52. The fourth-order valence-corrected chi connectivity index (χ4v) is 0.250. The topological polar surface area (TPSA) is 20.2 Å². The van der Waals surface area contributed by atoms with Gasteiger partial charge in [-0.25, -0.2) is 0 Å². The predicted octanol–water partition coefficient (Wildman–Crippen LogP) is 2.34. The molecule has 0 radical (unpaired) electrons. The highest BCUT2D eigenvalue weighted by atomic mass is 16.3. The monoisotopic (exact) mass is 130 g/mol. The second-order valence-corrected chi connectivity index (χ2v) is 3.59. The summed E-state index contributed by atoms with van der Waals surface area (Å²) in [4.78, 5) is 0. The van der Waals surface area contributed by atoms with E-state index in [2.05, 4.69) is 0 Å². The molecule has 1 saturated carbocycles. The summed E-state index contributed by atoms with van der Waals surface area (Å²) in [5.74, 6) is 0. The molecule has 0 aromatic heterocycles. The van der Waals surface area contributed by atoms with E-state index in [4.69, 9.17) is 5.11 Å². The Morgan fingerprint density at radius 1 is 0.889 bits per heavy atom. The standard InChI is InChI=1S/C4H10O.C4H8/c1-4(2,3)5;1-2-4-3-1/h5H,1-3H3;1-4H2. The molecule has 0 atom stereocenters. The Balaban J connectivity index is 0.000000144. The van der Waals surface area contributed by atoms with E-state index in [1.165, 1.54) is 25.7 Å². The summed E-state index contributed by atoms with van der Waals surface area (Å²) in [6, 6.07) is 0. The van der Waals surface area contributed by atoms with Crippen LogP contribution in [-0.2, 0) is 0 Å². The zero-order valence-electron chi connectivity index (χ0n) is 6.78. The van der Waals surface area contributed by atoms with Gasteiger partial charge in [-0.1, -0.05) is 25.7 Å². The molecule has 0 heterocycles. The fraction of sp³-hybridized carbons (Fsp3) is 1.00. The fourth-order valence-electron chi connectivity index (χ4n) is 0.250. The molecule has 0 bridgehead atoms. The van der Waals surface area contributed by atoms with E-state index in [0.717, 1.165) is 0 Å². The van der Waals surface area contributed by atoms with Crippen molar-refractivity contribution < 1.29 is 5.11 Å². The Labute approximate surface area is 58.1 Å². The highest BCUT2D eigenvalue weighted by Crippen LogP contribution is 2.15. The van der Waals surface area contributed by atoms with Crippen LogP contribution in [0.3, 0.4) is 0 Å². The minimum Gasteiger partial charge on any atom is -0.391 e. The Bertz CT molecular complexity index is 47.5. The molecule has 9 heavy (non-hydrogen) atoms. The molecular formula is C8H18O. The summed E-state index contributed by atoms with van der Waals surface area (Å²) in [6.45, 7) is 5.23. The van der Waals surface area contributed by atoms with E-state index >= 15 is 0 Å². The third-order valence-electron chi connectivity index (χ3n) is 1.000.